The van der Waals surface area contributed by atoms with Crippen LogP contribution in [0.25, 0.3) is 6.08 Å². The van der Waals surface area contributed by atoms with E-state index in [9.17, 15) is 19.2 Å². The number of rotatable bonds is 10. The first-order valence-corrected chi connectivity index (χ1v) is 16.8. The first-order valence-electron chi connectivity index (χ1n) is 15.0. The van der Waals surface area contributed by atoms with E-state index in [1.54, 1.807) is 79.1 Å². The highest BCUT2D eigenvalue weighted by Gasteiger charge is 2.26. The molecule has 2 heterocycles. The number of nitrogens with zero attached hydrogens (tertiary/aromatic N) is 1. The van der Waals surface area contributed by atoms with E-state index in [1.165, 1.54) is 30.2 Å². The number of thiophene rings is 1. The lowest BCUT2D eigenvalue weighted by Gasteiger charge is -2.12. The standard InChI is InChI=1S/C35H34N4O5S2/c1-44-35(43)31-27-16-7-2-3-8-17-29(27)46-34(31)39-30(40)22-45-26-15-9-14-25(20-26)37-33(42)28(19-23-11-10-18-36-21-23)38-32(41)24-12-5-4-6-13-24/h4-6,9-15,18-21H,2-3,7-8,16-17,22H2,1H3,(H,37,42)(H,38,41)(H,39,40)/b28-19-. The maximum absolute atomic E-state index is 13.4. The fourth-order valence-corrected chi connectivity index (χ4v) is 7.12. The number of aromatic nitrogens is 1. The predicted molar refractivity (Wildman–Crippen MR) is 182 cm³/mol. The maximum atomic E-state index is 13.4. The number of carbonyl (C=O) groups is 4. The Balaban J connectivity index is 1.25. The van der Waals surface area contributed by atoms with Crippen molar-refractivity contribution in [2.24, 2.45) is 0 Å². The van der Waals surface area contributed by atoms with Crippen LogP contribution in [0.15, 0.2) is 89.7 Å². The van der Waals surface area contributed by atoms with Gasteiger partial charge in [0.25, 0.3) is 11.8 Å². The van der Waals surface area contributed by atoms with Crippen molar-refractivity contribution in [3.8, 4) is 0 Å². The van der Waals surface area contributed by atoms with Gasteiger partial charge in [-0.2, -0.15) is 0 Å². The molecule has 46 heavy (non-hydrogen) atoms. The Morgan fingerprint density at radius 2 is 1.74 bits per heavy atom. The summed E-state index contributed by atoms with van der Waals surface area (Å²) in [6.45, 7) is 0. The molecule has 3 amide bonds. The lowest BCUT2D eigenvalue weighted by Crippen LogP contribution is -2.30. The second kappa shape index (κ2) is 16.0. The van der Waals surface area contributed by atoms with Gasteiger partial charge in [-0.15, -0.1) is 23.1 Å². The molecule has 2 aromatic heterocycles. The second-order valence-corrected chi connectivity index (χ2v) is 12.8. The van der Waals surface area contributed by atoms with Crippen LogP contribution in [-0.4, -0.2) is 41.5 Å². The largest absolute Gasteiger partial charge is 0.465 e. The van der Waals surface area contributed by atoms with Crippen molar-refractivity contribution in [1.29, 1.82) is 0 Å². The Morgan fingerprint density at radius 1 is 0.935 bits per heavy atom. The molecule has 2 aromatic carbocycles. The van der Waals surface area contributed by atoms with Crippen molar-refractivity contribution in [2.75, 3.05) is 23.5 Å². The number of hydrogen-bond donors (Lipinski definition) is 3. The molecule has 3 N–H and O–H groups in total. The van der Waals surface area contributed by atoms with Crippen LogP contribution in [0.3, 0.4) is 0 Å². The molecule has 0 saturated heterocycles. The van der Waals surface area contributed by atoms with Gasteiger partial charge in [0.15, 0.2) is 0 Å². The third-order valence-corrected chi connectivity index (χ3v) is 9.50. The molecule has 9 nitrogen and oxygen atoms in total. The molecule has 0 spiro atoms. The van der Waals surface area contributed by atoms with Crippen LogP contribution >= 0.6 is 23.1 Å². The molecule has 1 aliphatic rings. The number of benzene rings is 2. The maximum Gasteiger partial charge on any atom is 0.341 e. The van der Waals surface area contributed by atoms with E-state index in [0.717, 1.165) is 53.9 Å². The molecular weight excluding hydrogens is 621 g/mol. The average molecular weight is 655 g/mol. The quantitative estimate of drug-likeness (QED) is 0.0984. The van der Waals surface area contributed by atoms with Crippen molar-refractivity contribution < 1.29 is 23.9 Å². The minimum absolute atomic E-state index is 0.0470. The minimum Gasteiger partial charge on any atom is -0.465 e. The molecule has 5 rings (SSSR count). The van der Waals surface area contributed by atoms with Crippen LogP contribution < -0.4 is 16.0 Å². The number of esters is 1. The van der Waals surface area contributed by atoms with Crippen LogP contribution in [0.4, 0.5) is 10.7 Å². The second-order valence-electron chi connectivity index (χ2n) is 10.6. The highest BCUT2D eigenvalue weighted by molar-refractivity contribution is 8.00. The van der Waals surface area contributed by atoms with Gasteiger partial charge in [0.2, 0.25) is 5.91 Å². The highest BCUT2D eigenvalue weighted by Crippen LogP contribution is 2.37. The minimum atomic E-state index is -0.517. The molecule has 0 aliphatic heterocycles. The topological polar surface area (TPSA) is 126 Å². The van der Waals surface area contributed by atoms with Gasteiger partial charge >= 0.3 is 5.97 Å². The zero-order chi connectivity index (χ0) is 32.3. The third kappa shape index (κ3) is 8.70. The number of thioether (sulfide) groups is 1. The predicted octanol–water partition coefficient (Wildman–Crippen LogP) is 6.73. The number of hydrogen-bond acceptors (Lipinski definition) is 8. The Morgan fingerprint density at radius 3 is 2.50 bits per heavy atom. The summed E-state index contributed by atoms with van der Waals surface area (Å²) in [7, 11) is 1.36. The molecular formula is C35H34N4O5S2. The van der Waals surface area contributed by atoms with Gasteiger partial charge in [-0.25, -0.2) is 4.79 Å². The van der Waals surface area contributed by atoms with E-state index in [0.29, 0.717) is 27.4 Å². The normalized spacial score (nSPS) is 13.0. The van der Waals surface area contributed by atoms with Gasteiger partial charge < -0.3 is 20.7 Å². The van der Waals surface area contributed by atoms with Crippen LogP contribution in [0.2, 0.25) is 0 Å². The number of anilines is 2. The van der Waals surface area contributed by atoms with Crippen LogP contribution in [0.1, 0.15) is 62.4 Å². The lowest BCUT2D eigenvalue weighted by molar-refractivity contribution is -0.114. The number of fused-ring (bicyclic) bond motifs is 1. The van der Waals surface area contributed by atoms with E-state index in [4.69, 9.17) is 4.74 Å². The summed E-state index contributed by atoms with van der Waals surface area (Å²) in [6, 6.07) is 19.2. The lowest BCUT2D eigenvalue weighted by atomic mass is 9.96. The van der Waals surface area contributed by atoms with Crippen molar-refractivity contribution in [2.45, 2.75) is 43.4 Å². The Labute approximate surface area is 275 Å². The fourth-order valence-electron chi connectivity index (χ4n) is 5.07. The number of ether oxygens (including phenoxy) is 1. The molecule has 11 heteroatoms. The Kier molecular flexibility index (Phi) is 11.4. The number of methoxy groups -OCH3 is 1. The number of nitrogens with one attached hydrogen (secondary N) is 3. The Hall–Kier alpha value is -4.74. The van der Waals surface area contributed by atoms with E-state index in [-0.39, 0.29) is 17.4 Å². The fraction of sp³-hybridized carbons (Fsp3) is 0.229. The smallest absolute Gasteiger partial charge is 0.341 e. The first kappa shape index (κ1) is 32.6. The van der Waals surface area contributed by atoms with Crippen LogP contribution in [-0.2, 0) is 27.2 Å². The molecule has 0 unspecified atom stereocenters. The van der Waals surface area contributed by atoms with Gasteiger partial charge in [0.05, 0.1) is 18.4 Å². The number of aryl methyl sites for hydroxylation is 1. The zero-order valence-electron chi connectivity index (χ0n) is 25.3. The summed E-state index contributed by atoms with van der Waals surface area (Å²) in [5.41, 5.74) is 3.07. The zero-order valence-corrected chi connectivity index (χ0v) is 27.0. The van der Waals surface area contributed by atoms with E-state index in [2.05, 4.69) is 20.9 Å². The highest BCUT2D eigenvalue weighted by atomic mass is 32.2. The van der Waals surface area contributed by atoms with Gasteiger partial charge in [-0.3, -0.25) is 19.4 Å². The molecule has 0 atom stereocenters. The number of amides is 3. The van der Waals surface area contributed by atoms with Gasteiger partial charge in [0.1, 0.15) is 10.7 Å². The molecule has 0 bridgehead atoms. The molecule has 0 saturated carbocycles. The van der Waals surface area contributed by atoms with Crippen molar-refractivity contribution in [3.05, 3.63) is 112 Å². The molecule has 0 fully saturated rings. The van der Waals surface area contributed by atoms with Crippen LogP contribution in [0, 0.1) is 0 Å². The van der Waals surface area contributed by atoms with Gasteiger partial charge in [-0.05, 0) is 79.3 Å². The number of carbonyl (C=O) groups excluding carboxylic acids is 4. The molecule has 4 aromatic rings. The molecule has 236 valence electrons. The van der Waals surface area contributed by atoms with Crippen molar-refractivity contribution >= 4 is 63.6 Å². The molecule has 1 aliphatic carbocycles. The van der Waals surface area contributed by atoms with Crippen molar-refractivity contribution in [1.82, 2.24) is 10.3 Å². The summed E-state index contributed by atoms with van der Waals surface area (Å²) < 4.78 is 5.07. The summed E-state index contributed by atoms with van der Waals surface area (Å²) in [6.07, 6.45) is 10.8. The molecule has 0 radical (unpaired) electrons. The van der Waals surface area contributed by atoms with E-state index >= 15 is 0 Å². The number of pyridine rings is 1. The van der Waals surface area contributed by atoms with Crippen molar-refractivity contribution in [3.63, 3.8) is 0 Å². The monoisotopic (exact) mass is 654 g/mol. The van der Waals surface area contributed by atoms with E-state index in [1.807, 2.05) is 6.07 Å². The average Bonchev–Trinajstić information content (AvgIpc) is 3.39. The van der Waals surface area contributed by atoms with Gasteiger partial charge in [-0.1, -0.05) is 43.2 Å². The van der Waals surface area contributed by atoms with Gasteiger partial charge in [0, 0.05) is 33.4 Å². The first-order chi connectivity index (χ1) is 22.4. The van der Waals surface area contributed by atoms with Crippen LogP contribution in [0.5, 0.6) is 0 Å². The third-order valence-electron chi connectivity index (χ3n) is 7.30. The Bertz CT molecular complexity index is 1740. The van der Waals surface area contributed by atoms with E-state index < -0.39 is 17.8 Å². The summed E-state index contributed by atoms with van der Waals surface area (Å²) >= 11 is 2.77. The summed E-state index contributed by atoms with van der Waals surface area (Å²) in [4.78, 5) is 58.0. The summed E-state index contributed by atoms with van der Waals surface area (Å²) in [5.74, 6) is -1.52. The summed E-state index contributed by atoms with van der Waals surface area (Å²) in [5, 5.41) is 9.04. The SMILES string of the molecule is COC(=O)c1c(NC(=O)CSc2cccc(NC(=O)/C(=C/c3cccnc3)NC(=O)c3ccccc3)c2)sc2c1CCCCCC2.